The number of anilines is 1. The molecule has 1 fully saturated rings. The Morgan fingerprint density at radius 1 is 0.897 bits per heavy atom. The van der Waals surface area contributed by atoms with Crippen molar-refractivity contribution in [3.8, 4) is 0 Å². The summed E-state index contributed by atoms with van der Waals surface area (Å²) in [4.78, 5) is 46.8. The van der Waals surface area contributed by atoms with Gasteiger partial charge in [-0.15, -0.1) is 0 Å². The van der Waals surface area contributed by atoms with Crippen molar-refractivity contribution < 1.29 is 19.1 Å². The molecular weight excluding hydrogens is 492 g/mol. The highest BCUT2D eigenvalue weighted by Crippen LogP contribution is 2.36. The monoisotopic (exact) mass is 522 g/mol. The summed E-state index contributed by atoms with van der Waals surface area (Å²) in [7, 11) is 0. The van der Waals surface area contributed by atoms with E-state index in [2.05, 4.69) is 10.3 Å². The van der Waals surface area contributed by atoms with E-state index in [1.165, 1.54) is 4.90 Å². The first kappa shape index (κ1) is 24.7. The smallest absolute Gasteiger partial charge is 0.411 e. The van der Waals surface area contributed by atoms with Gasteiger partial charge in [-0.1, -0.05) is 54.6 Å². The Morgan fingerprint density at radius 2 is 1.67 bits per heavy atom. The van der Waals surface area contributed by atoms with Crippen molar-refractivity contribution in [1.82, 2.24) is 14.8 Å². The second-order valence-electron chi connectivity index (χ2n) is 10.0. The number of nitrogens with zero attached hydrogens (tertiary/aromatic N) is 2. The topological polar surface area (TPSA) is 94.7 Å². The number of rotatable bonds is 5. The number of hydrogen-bond acceptors (Lipinski definition) is 4. The fourth-order valence-electron chi connectivity index (χ4n) is 5.56. The van der Waals surface area contributed by atoms with Crippen molar-refractivity contribution >= 4 is 34.5 Å². The number of aromatic nitrogens is 1. The van der Waals surface area contributed by atoms with Gasteiger partial charge in [-0.05, 0) is 54.7 Å². The van der Waals surface area contributed by atoms with Crippen LogP contribution in [0.4, 0.5) is 10.5 Å². The van der Waals surface area contributed by atoms with E-state index in [0.717, 1.165) is 48.0 Å². The summed E-state index contributed by atoms with van der Waals surface area (Å²) in [6, 6.07) is 23.4. The molecule has 0 bridgehead atoms. The lowest BCUT2D eigenvalue weighted by atomic mass is 9.97. The van der Waals surface area contributed by atoms with E-state index in [4.69, 9.17) is 4.74 Å². The number of hydrogen-bond donors (Lipinski definition) is 2. The maximum atomic E-state index is 13.9. The van der Waals surface area contributed by atoms with E-state index >= 15 is 0 Å². The first-order valence-corrected chi connectivity index (χ1v) is 13.4. The van der Waals surface area contributed by atoms with Crippen LogP contribution in [-0.2, 0) is 22.6 Å². The zero-order valence-corrected chi connectivity index (χ0v) is 21.6. The van der Waals surface area contributed by atoms with Crippen LogP contribution in [0.3, 0.4) is 0 Å². The molecule has 1 saturated heterocycles. The van der Waals surface area contributed by atoms with Crippen molar-refractivity contribution in [1.29, 1.82) is 0 Å². The third kappa shape index (κ3) is 4.97. The van der Waals surface area contributed by atoms with Crippen LogP contribution in [0, 0.1) is 0 Å². The van der Waals surface area contributed by atoms with Crippen LogP contribution in [0.5, 0.6) is 0 Å². The second-order valence-corrected chi connectivity index (χ2v) is 10.0. The number of nitrogens with one attached hydrogen (secondary N) is 2. The lowest BCUT2D eigenvalue weighted by Gasteiger charge is -2.34. The largest absolute Gasteiger partial charge is 0.445 e. The van der Waals surface area contributed by atoms with Gasteiger partial charge in [0.25, 0.3) is 11.8 Å². The van der Waals surface area contributed by atoms with Crippen LogP contribution in [-0.4, -0.2) is 52.3 Å². The third-order valence-corrected chi connectivity index (χ3v) is 7.49. The van der Waals surface area contributed by atoms with Gasteiger partial charge in [-0.2, -0.15) is 0 Å². The van der Waals surface area contributed by atoms with Crippen LogP contribution < -0.4 is 5.32 Å². The number of likely N-dealkylation sites (tertiary alicyclic amines) is 1. The van der Waals surface area contributed by atoms with Crippen LogP contribution in [0.1, 0.15) is 46.1 Å². The van der Waals surface area contributed by atoms with Crippen LogP contribution >= 0.6 is 0 Å². The number of benzene rings is 3. The Kier molecular flexibility index (Phi) is 6.75. The molecule has 4 aromatic rings. The molecule has 8 nitrogen and oxygen atoms in total. The van der Waals surface area contributed by atoms with Gasteiger partial charge in [0.15, 0.2) is 6.04 Å². The quantitative estimate of drug-likeness (QED) is 0.373. The molecule has 1 aromatic heterocycles. The fourth-order valence-corrected chi connectivity index (χ4v) is 5.56. The highest BCUT2D eigenvalue weighted by molar-refractivity contribution is 6.01. The first-order chi connectivity index (χ1) is 19.1. The third-order valence-electron chi connectivity index (χ3n) is 7.49. The van der Waals surface area contributed by atoms with E-state index in [-0.39, 0.29) is 18.4 Å². The number of carbonyl (C=O) groups is 3. The fraction of sp³-hybridized carbons (Fsp3) is 0.258. The SMILES string of the molecule is O=C(Nc1cccc(C(=O)N2CCCC2)c1)C1c2[nH]c3ccccc3c2CCN1C(=O)OCc1ccccc1. The lowest BCUT2D eigenvalue weighted by Crippen LogP contribution is -2.45. The number of para-hydroxylation sites is 1. The number of fused-ring (bicyclic) bond motifs is 3. The van der Waals surface area contributed by atoms with Gasteiger partial charge in [0.05, 0.1) is 5.69 Å². The van der Waals surface area contributed by atoms with Crippen LogP contribution in [0.2, 0.25) is 0 Å². The Hall–Kier alpha value is -4.59. The van der Waals surface area contributed by atoms with Crippen molar-refractivity contribution in [3.05, 3.63) is 101 Å². The Morgan fingerprint density at radius 3 is 2.49 bits per heavy atom. The van der Waals surface area contributed by atoms with Crippen molar-refractivity contribution in [3.63, 3.8) is 0 Å². The van der Waals surface area contributed by atoms with Gasteiger partial charge in [0, 0.05) is 41.8 Å². The molecule has 39 heavy (non-hydrogen) atoms. The predicted molar refractivity (Wildman–Crippen MR) is 148 cm³/mol. The van der Waals surface area contributed by atoms with E-state index in [9.17, 15) is 14.4 Å². The number of amides is 3. The Bertz CT molecular complexity index is 1520. The average Bonchev–Trinajstić information content (AvgIpc) is 3.64. The molecule has 0 spiro atoms. The van der Waals surface area contributed by atoms with Gasteiger partial charge in [-0.3, -0.25) is 14.5 Å². The van der Waals surface area contributed by atoms with Crippen LogP contribution in [0.15, 0.2) is 78.9 Å². The molecule has 3 aromatic carbocycles. The number of aromatic amines is 1. The van der Waals surface area contributed by atoms with E-state index in [1.54, 1.807) is 24.3 Å². The minimum absolute atomic E-state index is 0.0368. The molecule has 0 saturated carbocycles. The average molecular weight is 523 g/mol. The van der Waals surface area contributed by atoms with Gasteiger partial charge < -0.3 is 19.9 Å². The van der Waals surface area contributed by atoms with E-state index in [1.807, 2.05) is 59.5 Å². The molecule has 3 heterocycles. The molecule has 1 atom stereocenters. The Labute approximate surface area is 226 Å². The minimum atomic E-state index is -0.914. The summed E-state index contributed by atoms with van der Waals surface area (Å²) in [5.74, 6) is -0.407. The Balaban J connectivity index is 1.28. The molecule has 3 amide bonds. The van der Waals surface area contributed by atoms with Gasteiger partial charge >= 0.3 is 6.09 Å². The van der Waals surface area contributed by atoms with Crippen molar-refractivity contribution in [2.24, 2.45) is 0 Å². The molecule has 0 aliphatic carbocycles. The number of H-pyrrole nitrogens is 1. The highest BCUT2D eigenvalue weighted by Gasteiger charge is 2.39. The summed E-state index contributed by atoms with van der Waals surface area (Å²) in [6.45, 7) is 1.96. The zero-order chi connectivity index (χ0) is 26.8. The number of ether oxygens (including phenoxy) is 1. The van der Waals surface area contributed by atoms with Crippen molar-refractivity contribution in [2.45, 2.75) is 31.9 Å². The standard InChI is InChI=1S/C31H30N4O4/c36-29(32-23-12-8-11-22(19-23)30(37)34-16-6-7-17-34)28-27-25(24-13-4-5-14-26(24)33-27)15-18-35(28)31(38)39-20-21-9-2-1-3-10-21/h1-5,8-14,19,28,33H,6-7,15-18,20H2,(H,32,36). The van der Waals surface area contributed by atoms with Crippen LogP contribution in [0.25, 0.3) is 10.9 Å². The zero-order valence-electron chi connectivity index (χ0n) is 21.6. The molecule has 0 radical (unpaired) electrons. The molecule has 6 rings (SSSR count). The maximum Gasteiger partial charge on any atom is 0.411 e. The van der Waals surface area contributed by atoms with Gasteiger partial charge in [0.2, 0.25) is 0 Å². The predicted octanol–water partition coefficient (Wildman–Crippen LogP) is 5.28. The molecule has 1 unspecified atom stereocenters. The molecular formula is C31H30N4O4. The summed E-state index contributed by atoms with van der Waals surface area (Å²) in [5, 5.41) is 4.00. The summed E-state index contributed by atoms with van der Waals surface area (Å²) in [5.41, 5.74) is 4.53. The lowest BCUT2D eigenvalue weighted by molar-refractivity contribution is -0.121. The molecule has 2 aliphatic heterocycles. The first-order valence-electron chi connectivity index (χ1n) is 13.4. The second kappa shape index (κ2) is 10.6. The summed E-state index contributed by atoms with van der Waals surface area (Å²) >= 11 is 0. The van der Waals surface area contributed by atoms with E-state index < -0.39 is 12.1 Å². The highest BCUT2D eigenvalue weighted by atomic mass is 16.6. The summed E-state index contributed by atoms with van der Waals surface area (Å²) < 4.78 is 5.64. The molecule has 2 aliphatic rings. The van der Waals surface area contributed by atoms with Crippen molar-refractivity contribution in [2.75, 3.05) is 25.0 Å². The molecule has 8 heteroatoms. The summed E-state index contributed by atoms with van der Waals surface area (Å²) in [6.07, 6.45) is 2.06. The number of carbonyl (C=O) groups excluding carboxylic acids is 3. The normalized spacial score (nSPS) is 16.7. The molecule has 198 valence electrons. The van der Waals surface area contributed by atoms with Gasteiger partial charge in [-0.25, -0.2) is 4.79 Å². The maximum absolute atomic E-state index is 13.9. The van der Waals surface area contributed by atoms with E-state index in [0.29, 0.717) is 29.9 Å². The van der Waals surface area contributed by atoms with Gasteiger partial charge in [0.1, 0.15) is 6.61 Å². The minimum Gasteiger partial charge on any atom is -0.445 e. The molecule has 2 N–H and O–H groups in total.